The monoisotopic (exact) mass is 385 g/mol. The molecule has 1 amide bonds. The molecule has 1 heterocycles. The highest BCUT2D eigenvalue weighted by molar-refractivity contribution is 6.40. The van der Waals surface area contributed by atoms with Gasteiger partial charge >= 0.3 is 0 Å². The Bertz CT molecular complexity index is 481. The summed E-state index contributed by atoms with van der Waals surface area (Å²) in [5, 5.41) is 0.807. The van der Waals surface area contributed by atoms with E-state index in [1.54, 1.807) is 0 Å². The molecule has 3 rings (SSSR count). The predicted octanol–water partition coefficient (Wildman–Crippen LogP) is 2.46. The molecule has 0 aromatic heterocycles. The van der Waals surface area contributed by atoms with Crippen molar-refractivity contribution in [1.82, 2.24) is 5.32 Å². The molecule has 0 spiro atoms. The molecule has 6 atom stereocenters. The molecule has 0 aromatic carbocycles. The molecule has 3 N–H and O–H groups in total. The van der Waals surface area contributed by atoms with E-state index in [-0.39, 0.29) is 23.9 Å². The number of hydrogen-bond acceptors (Lipinski definition) is 3. The van der Waals surface area contributed by atoms with Crippen LogP contribution in [0.4, 0.5) is 0 Å². The van der Waals surface area contributed by atoms with E-state index in [0.29, 0.717) is 5.84 Å². The molecular formula is C14H19Cl4N3O. The predicted molar refractivity (Wildman–Crippen MR) is 91.4 cm³/mol. The molecule has 3 fully saturated rings. The summed E-state index contributed by atoms with van der Waals surface area (Å²) in [6.07, 6.45) is 3.76. The minimum atomic E-state index is -0.545. The number of amidine groups is 1. The van der Waals surface area contributed by atoms with E-state index in [1.165, 1.54) is 0 Å². The van der Waals surface area contributed by atoms with Gasteiger partial charge in [-0.15, -0.1) is 46.4 Å². The third-order valence-electron chi connectivity index (χ3n) is 4.92. The van der Waals surface area contributed by atoms with Crippen LogP contribution in [0.2, 0.25) is 0 Å². The van der Waals surface area contributed by atoms with Gasteiger partial charge in [0.15, 0.2) is 0 Å². The third kappa shape index (κ3) is 2.98. The van der Waals surface area contributed by atoms with Crippen molar-refractivity contribution in [3.63, 3.8) is 0 Å². The van der Waals surface area contributed by atoms with Gasteiger partial charge in [-0.3, -0.25) is 9.79 Å². The second-order valence-electron chi connectivity index (χ2n) is 6.40. The van der Waals surface area contributed by atoms with Crippen molar-refractivity contribution in [3.05, 3.63) is 0 Å². The first-order chi connectivity index (χ1) is 10.4. The lowest BCUT2D eigenvalue weighted by Crippen LogP contribution is -2.51. The number of aliphatic imine (C=N–C) groups is 1. The van der Waals surface area contributed by atoms with Crippen molar-refractivity contribution < 1.29 is 4.79 Å². The number of amides is 1. The van der Waals surface area contributed by atoms with Crippen LogP contribution in [0.1, 0.15) is 25.7 Å². The Hall–Kier alpha value is 0.260. The maximum atomic E-state index is 12.3. The number of rotatable bonds is 1. The van der Waals surface area contributed by atoms with E-state index in [4.69, 9.17) is 57.1 Å². The fourth-order valence-corrected chi connectivity index (χ4v) is 5.25. The van der Waals surface area contributed by atoms with Crippen LogP contribution in [0.5, 0.6) is 0 Å². The molecule has 4 nitrogen and oxygen atoms in total. The summed E-state index contributed by atoms with van der Waals surface area (Å²) in [6.45, 7) is 0. The summed E-state index contributed by atoms with van der Waals surface area (Å²) in [7, 11) is 0. The van der Waals surface area contributed by atoms with Gasteiger partial charge in [0.2, 0.25) is 5.91 Å². The number of nitrogens with two attached hydrogens (primary N) is 1. The zero-order valence-corrected chi connectivity index (χ0v) is 14.9. The molecule has 0 aromatic rings. The van der Waals surface area contributed by atoms with E-state index in [9.17, 15) is 4.79 Å². The van der Waals surface area contributed by atoms with Crippen LogP contribution in [0.25, 0.3) is 0 Å². The van der Waals surface area contributed by atoms with Gasteiger partial charge in [-0.1, -0.05) is 0 Å². The second-order valence-corrected chi connectivity index (χ2v) is 8.42. The summed E-state index contributed by atoms with van der Waals surface area (Å²) in [5.74, 6) is -0.289. The number of carbonyl (C=O) groups excluding carboxylic acids is 1. The van der Waals surface area contributed by atoms with E-state index < -0.39 is 27.4 Å². The van der Waals surface area contributed by atoms with Gasteiger partial charge in [0.05, 0.1) is 33.5 Å². The van der Waals surface area contributed by atoms with Gasteiger partial charge in [0, 0.05) is 12.0 Å². The van der Waals surface area contributed by atoms with Crippen molar-refractivity contribution in [3.8, 4) is 0 Å². The van der Waals surface area contributed by atoms with E-state index in [0.717, 1.165) is 25.7 Å². The third-order valence-corrected chi connectivity index (χ3v) is 7.48. The lowest BCUT2D eigenvalue weighted by atomic mass is 9.79. The minimum Gasteiger partial charge on any atom is -0.328 e. The summed E-state index contributed by atoms with van der Waals surface area (Å²) in [4.78, 5) is 17.0. The van der Waals surface area contributed by atoms with Crippen molar-refractivity contribution in [2.24, 2.45) is 22.6 Å². The van der Waals surface area contributed by atoms with E-state index >= 15 is 0 Å². The summed E-state index contributed by atoms with van der Waals surface area (Å²) in [6, 6.07) is 0.434. The molecular weight excluding hydrogens is 368 g/mol. The number of fused-ring (bicyclic) bond motifs is 1. The van der Waals surface area contributed by atoms with Gasteiger partial charge in [0.1, 0.15) is 5.84 Å². The Balaban J connectivity index is 1.83. The molecule has 8 heteroatoms. The van der Waals surface area contributed by atoms with Crippen LogP contribution in [0.15, 0.2) is 4.99 Å². The minimum absolute atomic E-state index is 0.156. The number of hydrogen-bond donors (Lipinski definition) is 2. The van der Waals surface area contributed by atoms with Crippen LogP contribution < -0.4 is 11.1 Å². The molecule has 22 heavy (non-hydrogen) atoms. The van der Waals surface area contributed by atoms with Crippen molar-refractivity contribution >= 4 is 58.1 Å². The zero-order valence-electron chi connectivity index (χ0n) is 11.9. The second kappa shape index (κ2) is 6.64. The molecule has 2 aliphatic carbocycles. The lowest BCUT2D eigenvalue weighted by molar-refractivity contribution is -0.123. The maximum Gasteiger partial charge on any atom is 0.230 e. The molecule has 6 unspecified atom stereocenters. The van der Waals surface area contributed by atoms with Crippen molar-refractivity contribution in [2.75, 3.05) is 0 Å². The average Bonchev–Trinajstić information content (AvgIpc) is 2.81. The molecule has 0 bridgehead atoms. The molecule has 1 saturated heterocycles. The van der Waals surface area contributed by atoms with Crippen LogP contribution >= 0.6 is 46.4 Å². The highest BCUT2D eigenvalue weighted by Crippen LogP contribution is 2.45. The number of halogens is 4. The quantitative estimate of drug-likeness (QED) is 0.679. The van der Waals surface area contributed by atoms with Crippen LogP contribution in [-0.2, 0) is 4.79 Å². The lowest BCUT2D eigenvalue weighted by Gasteiger charge is -2.38. The summed E-state index contributed by atoms with van der Waals surface area (Å²) in [5.41, 5.74) is 5.92. The molecule has 3 aliphatic rings. The van der Waals surface area contributed by atoms with E-state index in [2.05, 4.69) is 5.32 Å². The Morgan fingerprint density at radius 3 is 2.05 bits per heavy atom. The van der Waals surface area contributed by atoms with Crippen LogP contribution in [-0.4, -0.2) is 45.3 Å². The smallest absolute Gasteiger partial charge is 0.230 e. The molecule has 1 aliphatic heterocycles. The first-order valence-electron chi connectivity index (χ1n) is 7.60. The number of nitrogens with zero attached hydrogens (tertiary/aromatic N) is 1. The van der Waals surface area contributed by atoms with E-state index in [1.807, 2.05) is 0 Å². The fraction of sp³-hybridized carbons (Fsp3) is 0.857. The van der Waals surface area contributed by atoms with Gasteiger partial charge in [-0.25, -0.2) is 0 Å². The van der Waals surface area contributed by atoms with Crippen LogP contribution in [0, 0.1) is 11.8 Å². The SMILES string of the molecule is NC1CCC(N=C2NC(=O)C3C(Cl)C(Cl)C(Cl)C(Cl)C23)CC1. The first kappa shape index (κ1) is 17.1. The topological polar surface area (TPSA) is 67.5 Å². The van der Waals surface area contributed by atoms with Gasteiger partial charge in [-0.05, 0) is 25.7 Å². The van der Waals surface area contributed by atoms with Gasteiger partial charge < -0.3 is 11.1 Å². The number of carbonyl (C=O) groups is 1. The first-order valence-corrected chi connectivity index (χ1v) is 9.35. The van der Waals surface area contributed by atoms with Crippen molar-refractivity contribution in [2.45, 2.75) is 59.3 Å². The highest BCUT2D eigenvalue weighted by atomic mass is 35.5. The normalized spacial score (nSPS) is 50.8. The zero-order chi connectivity index (χ0) is 16.0. The van der Waals surface area contributed by atoms with Gasteiger partial charge in [0.25, 0.3) is 0 Å². The Morgan fingerprint density at radius 1 is 0.909 bits per heavy atom. The van der Waals surface area contributed by atoms with Crippen LogP contribution in [0.3, 0.4) is 0 Å². The summed E-state index contributed by atoms with van der Waals surface area (Å²) >= 11 is 25.3. The molecule has 0 radical (unpaired) electrons. The molecule has 124 valence electrons. The Morgan fingerprint density at radius 2 is 1.45 bits per heavy atom. The standard InChI is InChI=1S/C14H19Cl4N3O/c15-9-7-8(10(16)12(18)11(9)17)14(22)21-13(7)20-6-3-1-5(19)2-4-6/h5-12H,1-4,19H2,(H,20,21,22). The number of alkyl halides is 4. The summed E-state index contributed by atoms with van der Waals surface area (Å²) < 4.78 is 0. The van der Waals surface area contributed by atoms with Crippen molar-refractivity contribution in [1.29, 1.82) is 0 Å². The largest absolute Gasteiger partial charge is 0.328 e. The fourth-order valence-electron chi connectivity index (χ4n) is 3.61. The Kier molecular flexibility index (Phi) is 5.16. The molecule has 2 saturated carbocycles. The maximum absolute atomic E-state index is 12.3. The van der Waals surface area contributed by atoms with Gasteiger partial charge in [-0.2, -0.15) is 0 Å². The highest BCUT2D eigenvalue weighted by Gasteiger charge is 2.56. The number of nitrogens with one attached hydrogen (secondary N) is 1. The average molecular weight is 387 g/mol. The Labute approximate surface area is 150 Å².